The fourth-order valence-corrected chi connectivity index (χ4v) is 5.92. The predicted octanol–water partition coefficient (Wildman–Crippen LogP) is 7.85. The molecule has 3 aromatic carbocycles. The number of nitrogens with zero attached hydrogens (tertiary/aromatic N) is 1. The molecular formula is C23H14Br2ClNO2S2. The van der Waals surface area contributed by atoms with Crippen LogP contribution in [0.3, 0.4) is 0 Å². The van der Waals surface area contributed by atoms with Crippen LogP contribution in [0.15, 0.2) is 80.6 Å². The van der Waals surface area contributed by atoms with Gasteiger partial charge in [-0.3, -0.25) is 9.69 Å². The summed E-state index contributed by atoms with van der Waals surface area (Å²) in [6.45, 7) is 0.339. The summed E-state index contributed by atoms with van der Waals surface area (Å²) in [6.07, 6.45) is 1.83. The summed E-state index contributed by atoms with van der Waals surface area (Å²) in [5, 5.41) is 0.659. The lowest BCUT2D eigenvalue weighted by atomic mass is 10.2. The number of hydrogen-bond acceptors (Lipinski definition) is 4. The topological polar surface area (TPSA) is 29.5 Å². The van der Waals surface area contributed by atoms with Crippen molar-refractivity contribution < 1.29 is 9.53 Å². The molecule has 1 saturated heterocycles. The lowest BCUT2D eigenvalue weighted by molar-refractivity contribution is -0.113. The van der Waals surface area contributed by atoms with Gasteiger partial charge in [-0.15, -0.1) is 0 Å². The highest BCUT2D eigenvalue weighted by atomic mass is 79.9. The van der Waals surface area contributed by atoms with Crippen molar-refractivity contribution in [3.63, 3.8) is 0 Å². The molecule has 1 heterocycles. The maximum atomic E-state index is 12.9. The Morgan fingerprint density at radius 2 is 1.68 bits per heavy atom. The minimum atomic E-state index is -0.132. The van der Waals surface area contributed by atoms with E-state index in [-0.39, 0.29) is 5.91 Å². The Morgan fingerprint density at radius 3 is 2.35 bits per heavy atom. The molecule has 0 unspecified atom stereocenters. The number of para-hydroxylation sites is 1. The largest absolute Gasteiger partial charge is 0.486 e. The fraction of sp³-hybridized carbons (Fsp3) is 0.0435. The van der Waals surface area contributed by atoms with Gasteiger partial charge in [0.1, 0.15) is 12.4 Å². The summed E-state index contributed by atoms with van der Waals surface area (Å²) in [7, 11) is 0. The number of halogens is 3. The quantitative estimate of drug-likeness (QED) is 0.222. The minimum absolute atomic E-state index is 0.132. The molecule has 156 valence electrons. The normalized spacial score (nSPS) is 15.1. The number of benzene rings is 3. The molecule has 1 aliphatic rings. The number of amides is 1. The van der Waals surface area contributed by atoms with Gasteiger partial charge in [-0.05, 0) is 73.8 Å². The molecule has 8 heteroatoms. The van der Waals surface area contributed by atoms with E-state index in [1.807, 2.05) is 72.8 Å². The van der Waals surface area contributed by atoms with Gasteiger partial charge in [-0.1, -0.05) is 72.0 Å². The first-order valence-electron chi connectivity index (χ1n) is 9.12. The van der Waals surface area contributed by atoms with E-state index in [0.717, 1.165) is 25.8 Å². The highest BCUT2D eigenvalue weighted by Gasteiger charge is 2.33. The molecule has 1 aliphatic heterocycles. The van der Waals surface area contributed by atoms with Gasteiger partial charge in [-0.25, -0.2) is 0 Å². The molecule has 0 bridgehead atoms. The number of thioether (sulfide) groups is 1. The number of anilines is 1. The molecule has 31 heavy (non-hydrogen) atoms. The number of hydrogen-bond donors (Lipinski definition) is 0. The Hall–Kier alpha value is -1.64. The molecule has 0 saturated carbocycles. The summed E-state index contributed by atoms with van der Waals surface area (Å²) in [5.41, 5.74) is 2.51. The van der Waals surface area contributed by atoms with Crippen LogP contribution < -0.4 is 9.64 Å². The summed E-state index contributed by atoms with van der Waals surface area (Å²) in [5.74, 6) is 0.529. The van der Waals surface area contributed by atoms with Crippen molar-refractivity contribution in [2.24, 2.45) is 0 Å². The van der Waals surface area contributed by atoms with Crippen molar-refractivity contribution in [1.29, 1.82) is 0 Å². The average molecular weight is 596 g/mol. The molecule has 0 atom stereocenters. The minimum Gasteiger partial charge on any atom is -0.486 e. The van der Waals surface area contributed by atoms with Gasteiger partial charge < -0.3 is 4.74 Å². The van der Waals surface area contributed by atoms with Gasteiger partial charge in [0, 0.05) is 10.6 Å². The third-order valence-electron chi connectivity index (χ3n) is 4.46. The molecule has 0 aliphatic carbocycles. The molecule has 0 radical (unpaired) electrons. The van der Waals surface area contributed by atoms with E-state index in [1.54, 1.807) is 4.90 Å². The van der Waals surface area contributed by atoms with Crippen LogP contribution in [-0.4, -0.2) is 10.2 Å². The van der Waals surface area contributed by atoms with E-state index in [2.05, 4.69) is 31.9 Å². The van der Waals surface area contributed by atoms with Crippen LogP contribution >= 0.6 is 67.4 Å². The Labute approximate surface area is 211 Å². The van der Waals surface area contributed by atoms with Crippen LogP contribution in [0.25, 0.3) is 6.08 Å². The first-order valence-corrected chi connectivity index (χ1v) is 12.3. The zero-order chi connectivity index (χ0) is 22.0. The number of carbonyl (C=O) groups excluding carboxylic acids is 1. The van der Waals surface area contributed by atoms with Crippen LogP contribution in [0, 0.1) is 0 Å². The van der Waals surface area contributed by atoms with E-state index >= 15 is 0 Å². The van der Waals surface area contributed by atoms with Crippen molar-refractivity contribution in [2.45, 2.75) is 6.61 Å². The monoisotopic (exact) mass is 593 g/mol. The van der Waals surface area contributed by atoms with Crippen LogP contribution in [0.5, 0.6) is 5.75 Å². The Kier molecular flexibility index (Phi) is 7.19. The van der Waals surface area contributed by atoms with Crippen molar-refractivity contribution in [3.05, 3.63) is 96.7 Å². The summed E-state index contributed by atoms with van der Waals surface area (Å²) in [6, 6.07) is 20.8. The third-order valence-corrected chi connectivity index (χ3v) is 7.31. The number of ether oxygens (including phenoxy) is 1. The van der Waals surface area contributed by atoms with Crippen molar-refractivity contribution in [2.75, 3.05) is 4.90 Å². The van der Waals surface area contributed by atoms with Crippen LogP contribution in [-0.2, 0) is 11.4 Å². The third kappa shape index (κ3) is 5.07. The zero-order valence-electron chi connectivity index (χ0n) is 15.8. The number of rotatable bonds is 5. The molecule has 0 spiro atoms. The van der Waals surface area contributed by atoms with E-state index in [1.165, 1.54) is 11.8 Å². The molecule has 1 amide bonds. The van der Waals surface area contributed by atoms with Gasteiger partial charge in [0.2, 0.25) is 0 Å². The van der Waals surface area contributed by atoms with E-state index in [9.17, 15) is 4.79 Å². The Morgan fingerprint density at radius 1 is 1.03 bits per heavy atom. The van der Waals surface area contributed by atoms with Gasteiger partial charge in [0.25, 0.3) is 5.91 Å². The second kappa shape index (κ2) is 9.88. The fourth-order valence-electron chi connectivity index (χ4n) is 2.98. The van der Waals surface area contributed by atoms with E-state index in [0.29, 0.717) is 26.6 Å². The number of thiocarbonyl (C=S) groups is 1. The second-order valence-electron chi connectivity index (χ2n) is 6.55. The summed E-state index contributed by atoms with van der Waals surface area (Å²) in [4.78, 5) is 15.1. The van der Waals surface area contributed by atoms with Gasteiger partial charge in [-0.2, -0.15) is 0 Å². The zero-order valence-corrected chi connectivity index (χ0v) is 21.4. The molecule has 0 N–H and O–H groups in total. The summed E-state index contributed by atoms with van der Waals surface area (Å²) >= 11 is 20.1. The second-order valence-corrected chi connectivity index (χ2v) is 10.3. The maximum Gasteiger partial charge on any atom is 0.270 e. The average Bonchev–Trinajstić information content (AvgIpc) is 3.02. The van der Waals surface area contributed by atoms with E-state index < -0.39 is 0 Å². The molecular weight excluding hydrogens is 582 g/mol. The number of carbonyl (C=O) groups is 1. The highest BCUT2D eigenvalue weighted by molar-refractivity contribution is 9.11. The maximum absolute atomic E-state index is 12.9. The molecule has 3 nitrogen and oxygen atoms in total. The highest BCUT2D eigenvalue weighted by Crippen LogP contribution is 2.39. The lowest BCUT2D eigenvalue weighted by Gasteiger charge is -2.14. The molecule has 3 aromatic rings. The molecule has 4 rings (SSSR count). The molecule has 1 fully saturated rings. The van der Waals surface area contributed by atoms with Crippen LogP contribution in [0.1, 0.15) is 11.1 Å². The lowest BCUT2D eigenvalue weighted by Crippen LogP contribution is -2.27. The van der Waals surface area contributed by atoms with Gasteiger partial charge in [0.15, 0.2) is 4.32 Å². The Bertz CT molecular complexity index is 1180. The molecule has 0 aromatic heterocycles. The van der Waals surface area contributed by atoms with E-state index in [4.69, 9.17) is 28.6 Å². The van der Waals surface area contributed by atoms with Gasteiger partial charge >= 0.3 is 0 Å². The van der Waals surface area contributed by atoms with Crippen LogP contribution in [0.2, 0.25) is 5.02 Å². The van der Waals surface area contributed by atoms with Crippen molar-refractivity contribution in [3.8, 4) is 5.75 Å². The Balaban J connectivity index is 1.56. The smallest absolute Gasteiger partial charge is 0.270 e. The van der Waals surface area contributed by atoms with Crippen LogP contribution in [0.4, 0.5) is 5.69 Å². The summed E-state index contributed by atoms with van der Waals surface area (Å²) < 4.78 is 8.01. The SMILES string of the molecule is O=C1/C(=C\c2cc(Br)c(OCc3ccccc3Cl)c(Br)c2)SC(=S)N1c1ccccc1. The van der Waals surface area contributed by atoms with Crippen molar-refractivity contribution >= 4 is 89.4 Å². The van der Waals surface area contributed by atoms with Crippen molar-refractivity contribution in [1.82, 2.24) is 0 Å². The first-order chi connectivity index (χ1) is 14.9. The predicted molar refractivity (Wildman–Crippen MR) is 140 cm³/mol. The first kappa shape index (κ1) is 22.6. The van der Waals surface area contributed by atoms with Gasteiger partial charge in [0.05, 0.1) is 19.5 Å². The standard InChI is InChI=1S/C23H14Br2ClNO2S2/c24-17-10-14(11-18(25)21(17)29-13-15-6-4-5-9-19(15)26)12-20-22(28)27(23(30)31-20)16-7-2-1-3-8-16/h1-12H,13H2/b20-12+.